The van der Waals surface area contributed by atoms with Gasteiger partial charge in [-0.3, -0.25) is 9.59 Å². The average Bonchev–Trinajstić information content (AvgIpc) is 2.72. The molecule has 2 heterocycles. The molecule has 2 aliphatic heterocycles. The second kappa shape index (κ2) is 9.76. The molecule has 0 saturated carbocycles. The molecule has 4 amide bonds. The van der Waals surface area contributed by atoms with Crippen LogP contribution in [0.1, 0.15) is 45.1 Å². The number of urea groups is 1. The lowest BCUT2D eigenvalue weighted by molar-refractivity contribution is -0.138. The summed E-state index contributed by atoms with van der Waals surface area (Å²) in [7, 11) is 0. The fourth-order valence-corrected chi connectivity index (χ4v) is 4.07. The first-order chi connectivity index (χ1) is 13.9. The van der Waals surface area contributed by atoms with Crippen LogP contribution in [0, 0.1) is 11.8 Å². The Kier molecular flexibility index (Phi) is 7.12. The number of carbonyl (C=O) groups excluding carboxylic acids is 3. The molecule has 0 aromatic heterocycles. The molecule has 2 fully saturated rings. The summed E-state index contributed by atoms with van der Waals surface area (Å²) in [6.07, 6.45) is 3.65. The van der Waals surface area contributed by atoms with Crippen LogP contribution in [-0.4, -0.2) is 53.8 Å². The molecule has 158 valence electrons. The van der Waals surface area contributed by atoms with Crippen LogP contribution in [0.4, 0.5) is 10.5 Å². The standard InChI is InChI=1S/C22H32N4O3/c1-16-6-10-25(11-7-16)21(28)19-8-12-26(13-9-19)22(29)23-15-18-4-3-5-20(14-18)24-17(2)27/h3-5,14,16,19H,6-13,15H2,1-2H3,(H,23,29)(H,24,27). The van der Waals surface area contributed by atoms with Gasteiger partial charge < -0.3 is 20.4 Å². The maximum atomic E-state index is 12.7. The van der Waals surface area contributed by atoms with E-state index >= 15 is 0 Å². The number of likely N-dealkylation sites (tertiary alicyclic amines) is 2. The SMILES string of the molecule is CC(=O)Nc1cccc(CNC(=O)N2CCC(C(=O)N3CCC(C)CC3)CC2)c1. The lowest BCUT2D eigenvalue weighted by atomic mass is 9.93. The van der Waals surface area contributed by atoms with Gasteiger partial charge in [-0.25, -0.2) is 4.79 Å². The van der Waals surface area contributed by atoms with Crippen molar-refractivity contribution in [3.63, 3.8) is 0 Å². The van der Waals surface area contributed by atoms with Crippen molar-refractivity contribution in [3.8, 4) is 0 Å². The van der Waals surface area contributed by atoms with Gasteiger partial charge in [-0.1, -0.05) is 19.1 Å². The quantitative estimate of drug-likeness (QED) is 0.815. The maximum absolute atomic E-state index is 12.7. The van der Waals surface area contributed by atoms with Crippen LogP contribution in [0.2, 0.25) is 0 Å². The van der Waals surface area contributed by atoms with E-state index in [2.05, 4.69) is 17.6 Å². The zero-order valence-electron chi connectivity index (χ0n) is 17.4. The Morgan fingerprint density at radius 1 is 1.00 bits per heavy atom. The van der Waals surface area contributed by atoms with E-state index in [1.54, 1.807) is 4.90 Å². The number of hydrogen-bond donors (Lipinski definition) is 2. The molecule has 1 aromatic carbocycles. The van der Waals surface area contributed by atoms with Crippen LogP contribution in [-0.2, 0) is 16.1 Å². The second-order valence-electron chi connectivity index (χ2n) is 8.31. The summed E-state index contributed by atoms with van der Waals surface area (Å²) in [5.41, 5.74) is 1.64. The van der Waals surface area contributed by atoms with Gasteiger partial charge in [-0.2, -0.15) is 0 Å². The largest absolute Gasteiger partial charge is 0.342 e. The third kappa shape index (κ3) is 5.95. The number of anilines is 1. The number of piperidine rings is 2. The zero-order chi connectivity index (χ0) is 20.8. The third-order valence-electron chi connectivity index (χ3n) is 5.92. The topological polar surface area (TPSA) is 81.8 Å². The summed E-state index contributed by atoms with van der Waals surface area (Å²) in [6, 6.07) is 7.33. The van der Waals surface area contributed by atoms with Gasteiger partial charge in [0.2, 0.25) is 11.8 Å². The van der Waals surface area contributed by atoms with Crippen molar-refractivity contribution in [2.24, 2.45) is 11.8 Å². The highest BCUT2D eigenvalue weighted by Gasteiger charge is 2.31. The van der Waals surface area contributed by atoms with Gasteiger partial charge >= 0.3 is 6.03 Å². The van der Waals surface area contributed by atoms with E-state index in [1.165, 1.54) is 6.92 Å². The summed E-state index contributed by atoms with van der Waals surface area (Å²) in [4.78, 5) is 40.2. The fraction of sp³-hybridized carbons (Fsp3) is 0.591. The number of carbonyl (C=O) groups is 3. The molecule has 0 atom stereocenters. The first-order valence-electron chi connectivity index (χ1n) is 10.6. The lowest BCUT2D eigenvalue weighted by Crippen LogP contribution is -2.48. The minimum atomic E-state index is -0.123. The third-order valence-corrected chi connectivity index (χ3v) is 5.92. The number of nitrogens with zero attached hydrogens (tertiary/aromatic N) is 2. The van der Waals surface area contributed by atoms with Gasteiger partial charge in [0, 0.05) is 51.3 Å². The molecule has 0 bridgehead atoms. The Hall–Kier alpha value is -2.57. The Balaban J connectivity index is 1.43. The number of amides is 4. The Bertz CT molecular complexity index is 735. The highest BCUT2D eigenvalue weighted by atomic mass is 16.2. The van der Waals surface area contributed by atoms with Crippen LogP contribution in [0.15, 0.2) is 24.3 Å². The van der Waals surface area contributed by atoms with Crippen molar-refractivity contribution in [1.29, 1.82) is 0 Å². The van der Waals surface area contributed by atoms with Crippen LogP contribution in [0.5, 0.6) is 0 Å². The molecule has 2 aliphatic rings. The second-order valence-corrected chi connectivity index (χ2v) is 8.31. The van der Waals surface area contributed by atoms with Crippen LogP contribution in [0.3, 0.4) is 0 Å². The van der Waals surface area contributed by atoms with E-state index in [-0.39, 0.29) is 23.8 Å². The van der Waals surface area contributed by atoms with Crippen molar-refractivity contribution >= 4 is 23.5 Å². The molecular weight excluding hydrogens is 368 g/mol. The van der Waals surface area contributed by atoms with Crippen molar-refractivity contribution in [3.05, 3.63) is 29.8 Å². The Labute approximate surface area is 172 Å². The molecule has 1 aromatic rings. The predicted octanol–water partition coefficient (Wildman–Crippen LogP) is 2.83. The summed E-state index contributed by atoms with van der Waals surface area (Å²) < 4.78 is 0. The molecule has 0 spiro atoms. The van der Waals surface area contributed by atoms with Crippen LogP contribution < -0.4 is 10.6 Å². The number of rotatable bonds is 4. The van der Waals surface area contributed by atoms with E-state index in [0.717, 1.165) is 50.0 Å². The van der Waals surface area contributed by atoms with Gasteiger partial charge in [-0.05, 0) is 49.3 Å². The van der Waals surface area contributed by atoms with E-state index < -0.39 is 0 Å². The molecule has 2 saturated heterocycles. The molecule has 3 rings (SSSR count). The van der Waals surface area contributed by atoms with E-state index in [0.29, 0.717) is 25.6 Å². The molecule has 7 nitrogen and oxygen atoms in total. The monoisotopic (exact) mass is 400 g/mol. The smallest absolute Gasteiger partial charge is 0.317 e. The van der Waals surface area contributed by atoms with Gasteiger partial charge in [-0.15, -0.1) is 0 Å². The van der Waals surface area contributed by atoms with E-state index in [4.69, 9.17) is 0 Å². The fourth-order valence-electron chi connectivity index (χ4n) is 4.07. The summed E-state index contributed by atoms with van der Waals surface area (Å²) in [6.45, 7) is 7.08. The highest BCUT2D eigenvalue weighted by molar-refractivity contribution is 5.88. The van der Waals surface area contributed by atoms with Crippen molar-refractivity contribution in [2.75, 3.05) is 31.5 Å². The van der Waals surface area contributed by atoms with Crippen LogP contribution in [0.25, 0.3) is 0 Å². The Morgan fingerprint density at radius 2 is 1.66 bits per heavy atom. The van der Waals surface area contributed by atoms with Crippen LogP contribution >= 0.6 is 0 Å². The molecule has 0 unspecified atom stereocenters. The van der Waals surface area contributed by atoms with Crippen molar-refractivity contribution in [2.45, 2.75) is 46.1 Å². The molecule has 2 N–H and O–H groups in total. The lowest BCUT2D eigenvalue weighted by Gasteiger charge is -2.36. The number of benzene rings is 1. The predicted molar refractivity (Wildman–Crippen MR) is 112 cm³/mol. The minimum Gasteiger partial charge on any atom is -0.342 e. The molecule has 7 heteroatoms. The molecule has 0 radical (unpaired) electrons. The van der Waals surface area contributed by atoms with E-state index in [9.17, 15) is 14.4 Å². The zero-order valence-corrected chi connectivity index (χ0v) is 17.4. The minimum absolute atomic E-state index is 0.0433. The molecule has 0 aliphatic carbocycles. The van der Waals surface area contributed by atoms with Crippen molar-refractivity contribution in [1.82, 2.24) is 15.1 Å². The molecule has 29 heavy (non-hydrogen) atoms. The number of hydrogen-bond acceptors (Lipinski definition) is 3. The first-order valence-corrected chi connectivity index (χ1v) is 10.6. The Morgan fingerprint density at radius 3 is 2.31 bits per heavy atom. The van der Waals surface area contributed by atoms with Crippen molar-refractivity contribution < 1.29 is 14.4 Å². The van der Waals surface area contributed by atoms with Gasteiger partial charge in [0.05, 0.1) is 0 Å². The summed E-state index contributed by atoms with van der Waals surface area (Å²) in [5.74, 6) is 0.903. The highest BCUT2D eigenvalue weighted by Crippen LogP contribution is 2.23. The normalized spacial score (nSPS) is 18.4. The van der Waals surface area contributed by atoms with Gasteiger partial charge in [0.1, 0.15) is 0 Å². The summed E-state index contributed by atoms with van der Waals surface area (Å²) >= 11 is 0. The number of nitrogens with one attached hydrogen (secondary N) is 2. The van der Waals surface area contributed by atoms with E-state index in [1.807, 2.05) is 29.2 Å². The van der Waals surface area contributed by atoms with Gasteiger partial charge in [0.15, 0.2) is 0 Å². The average molecular weight is 401 g/mol. The van der Waals surface area contributed by atoms with Gasteiger partial charge in [0.25, 0.3) is 0 Å². The summed E-state index contributed by atoms with van der Waals surface area (Å²) in [5, 5.41) is 5.68. The first kappa shape index (κ1) is 21.1. The maximum Gasteiger partial charge on any atom is 0.317 e. The molecular formula is C22H32N4O3.